The molecule has 0 aliphatic heterocycles. The second-order valence-electron chi connectivity index (χ2n) is 2.48. The molecular formula is C8H12NY-. The maximum atomic E-state index is 3.24. The quantitative estimate of drug-likeness (QED) is 0.576. The molecule has 0 saturated carbocycles. The Hall–Kier alpha value is 0.384. The fourth-order valence-electron chi connectivity index (χ4n) is 0.949. The van der Waals surface area contributed by atoms with Gasteiger partial charge in [0.05, 0.1) is 0 Å². The molecule has 0 aliphatic rings. The predicted octanol–water partition coefficient (Wildman–Crippen LogP) is 1.75. The standard InChI is InChI=1S/C8H12N.Y/c1-6-5-7(2)9(4)8(6)3;/h1-4H3;/q-1;. The number of aryl methyl sites for hydroxylation is 2. The first kappa shape index (κ1) is 10.4. The third-order valence-electron chi connectivity index (χ3n) is 1.92. The minimum atomic E-state index is 0. The van der Waals surface area contributed by atoms with Crippen molar-refractivity contribution in [2.24, 2.45) is 7.05 Å². The maximum absolute atomic E-state index is 3.24. The van der Waals surface area contributed by atoms with Gasteiger partial charge in [0.2, 0.25) is 0 Å². The molecule has 1 heterocycles. The van der Waals surface area contributed by atoms with Crippen LogP contribution in [0.4, 0.5) is 0 Å². The van der Waals surface area contributed by atoms with Gasteiger partial charge >= 0.3 is 0 Å². The van der Waals surface area contributed by atoms with E-state index in [4.69, 9.17) is 0 Å². The molecular weight excluding hydrogens is 199 g/mol. The summed E-state index contributed by atoms with van der Waals surface area (Å²) in [6.07, 6.45) is 0. The molecule has 0 unspecified atom stereocenters. The number of hydrogen-bond acceptors (Lipinski definition) is 0. The van der Waals surface area contributed by atoms with Crippen molar-refractivity contribution in [3.05, 3.63) is 23.0 Å². The van der Waals surface area contributed by atoms with E-state index in [1.807, 2.05) is 0 Å². The smallest absolute Gasteiger partial charge is 0 e. The van der Waals surface area contributed by atoms with Crippen molar-refractivity contribution in [3.8, 4) is 0 Å². The van der Waals surface area contributed by atoms with E-state index in [0.717, 1.165) is 0 Å². The van der Waals surface area contributed by atoms with Gasteiger partial charge in [0.1, 0.15) is 0 Å². The molecule has 1 radical (unpaired) electrons. The minimum absolute atomic E-state index is 0. The van der Waals surface area contributed by atoms with Gasteiger partial charge in [-0.05, 0) is 14.0 Å². The van der Waals surface area contributed by atoms with Crippen LogP contribution in [0.3, 0.4) is 0 Å². The van der Waals surface area contributed by atoms with E-state index in [-0.39, 0.29) is 32.7 Å². The Balaban J connectivity index is 0.000000810. The normalized spacial score (nSPS) is 9.20. The SMILES string of the molecule is Cc1[c-]c(C)n(C)c1C.[Y]. The van der Waals surface area contributed by atoms with E-state index in [1.54, 1.807) is 0 Å². The van der Waals surface area contributed by atoms with Crippen molar-refractivity contribution in [1.82, 2.24) is 4.57 Å². The van der Waals surface area contributed by atoms with E-state index in [2.05, 4.69) is 38.5 Å². The fraction of sp³-hybridized carbons (Fsp3) is 0.500. The van der Waals surface area contributed by atoms with Crippen LogP contribution in [-0.4, -0.2) is 4.57 Å². The van der Waals surface area contributed by atoms with E-state index < -0.39 is 0 Å². The summed E-state index contributed by atoms with van der Waals surface area (Å²) in [5, 5.41) is 0. The third kappa shape index (κ3) is 1.70. The van der Waals surface area contributed by atoms with Crippen LogP contribution in [0.2, 0.25) is 0 Å². The minimum Gasteiger partial charge on any atom is -0.445 e. The second kappa shape index (κ2) is 3.68. The van der Waals surface area contributed by atoms with Crippen molar-refractivity contribution < 1.29 is 32.7 Å². The van der Waals surface area contributed by atoms with Crippen LogP contribution in [0.1, 0.15) is 17.0 Å². The Labute approximate surface area is 87.7 Å². The molecule has 1 nitrogen and oxygen atoms in total. The largest absolute Gasteiger partial charge is 0.445 e. The topological polar surface area (TPSA) is 4.93 Å². The van der Waals surface area contributed by atoms with Gasteiger partial charge in [0.15, 0.2) is 0 Å². The first-order chi connectivity index (χ1) is 4.13. The molecule has 1 aromatic heterocycles. The summed E-state index contributed by atoms with van der Waals surface area (Å²) in [5.41, 5.74) is 3.78. The first-order valence-electron chi connectivity index (χ1n) is 3.14. The van der Waals surface area contributed by atoms with E-state index in [1.165, 1.54) is 17.0 Å². The van der Waals surface area contributed by atoms with E-state index in [9.17, 15) is 0 Å². The van der Waals surface area contributed by atoms with Gasteiger partial charge in [-0.15, -0.1) is 5.69 Å². The Kier molecular flexibility index (Phi) is 3.82. The zero-order valence-electron chi connectivity index (χ0n) is 7.02. The van der Waals surface area contributed by atoms with Crippen LogP contribution in [0.5, 0.6) is 0 Å². The third-order valence-corrected chi connectivity index (χ3v) is 1.92. The van der Waals surface area contributed by atoms with Crippen LogP contribution >= 0.6 is 0 Å². The summed E-state index contributed by atoms with van der Waals surface area (Å²) in [6, 6.07) is 3.24. The molecule has 0 N–H and O–H groups in total. The van der Waals surface area contributed by atoms with Gasteiger partial charge < -0.3 is 4.57 Å². The Morgan fingerprint density at radius 1 is 1.20 bits per heavy atom. The molecule has 2 heteroatoms. The Bertz CT molecular complexity index is 203. The molecule has 1 rings (SSSR count). The second-order valence-corrected chi connectivity index (χ2v) is 2.48. The molecule has 0 amide bonds. The van der Waals surface area contributed by atoms with Gasteiger partial charge in [-0.1, -0.05) is 19.5 Å². The monoisotopic (exact) mass is 211 g/mol. The van der Waals surface area contributed by atoms with E-state index in [0.29, 0.717) is 0 Å². The van der Waals surface area contributed by atoms with Gasteiger partial charge in [-0.25, -0.2) is 11.6 Å². The Morgan fingerprint density at radius 2 is 1.70 bits per heavy atom. The van der Waals surface area contributed by atoms with Crippen molar-refractivity contribution in [2.75, 3.05) is 0 Å². The molecule has 0 saturated heterocycles. The Morgan fingerprint density at radius 3 is 1.80 bits per heavy atom. The van der Waals surface area contributed by atoms with Crippen molar-refractivity contribution in [2.45, 2.75) is 20.8 Å². The predicted molar refractivity (Wildman–Crippen MR) is 38.5 cm³/mol. The fourth-order valence-corrected chi connectivity index (χ4v) is 0.949. The van der Waals surface area contributed by atoms with Crippen molar-refractivity contribution >= 4 is 0 Å². The molecule has 53 valence electrons. The summed E-state index contributed by atoms with van der Waals surface area (Å²) < 4.78 is 2.15. The summed E-state index contributed by atoms with van der Waals surface area (Å²) in [7, 11) is 2.06. The zero-order chi connectivity index (χ0) is 7.02. The van der Waals surface area contributed by atoms with Gasteiger partial charge in [-0.3, -0.25) is 0 Å². The average molecular weight is 211 g/mol. The van der Waals surface area contributed by atoms with E-state index >= 15 is 0 Å². The number of aromatic nitrogens is 1. The average Bonchev–Trinajstić information content (AvgIpc) is 1.98. The van der Waals surface area contributed by atoms with Gasteiger partial charge in [-0.2, -0.15) is 0 Å². The number of nitrogens with zero attached hydrogens (tertiary/aromatic N) is 1. The van der Waals surface area contributed by atoms with Crippen molar-refractivity contribution in [3.63, 3.8) is 0 Å². The zero-order valence-corrected chi connectivity index (χ0v) is 9.86. The molecule has 0 bridgehead atoms. The van der Waals surface area contributed by atoms with Crippen LogP contribution in [0.15, 0.2) is 0 Å². The summed E-state index contributed by atoms with van der Waals surface area (Å²) in [4.78, 5) is 0. The molecule has 0 aromatic carbocycles. The molecule has 0 spiro atoms. The van der Waals surface area contributed by atoms with Gasteiger partial charge in [0.25, 0.3) is 0 Å². The summed E-state index contributed by atoms with van der Waals surface area (Å²) in [6.45, 7) is 6.27. The molecule has 0 fully saturated rings. The van der Waals surface area contributed by atoms with Gasteiger partial charge in [0, 0.05) is 32.7 Å². The molecule has 0 atom stereocenters. The maximum Gasteiger partial charge on any atom is 0 e. The van der Waals surface area contributed by atoms with Crippen LogP contribution in [0.25, 0.3) is 0 Å². The first-order valence-corrected chi connectivity index (χ1v) is 3.14. The molecule has 10 heavy (non-hydrogen) atoms. The molecule has 1 aromatic rings. The van der Waals surface area contributed by atoms with Crippen molar-refractivity contribution in [1.29, 1.82) is 0 Å². The summed E-state index contributed by atoms with van der Waals surface area (Å²) in [5.74, 6) is 0. The van der Waals surface area contributed by atoms with Crippen LogP contribution in [0, 0.1) is 26.8 Å². The van der Waals surface area contributed by atoms with Crippen LogP contribution in [-0.2, 0) is 39.8 Å². The number of hydrogen-bond donors (Lipinski definition) is 0. The van der Waals surface area contributed by atoms with Crippen LogP contribution < -0.4 is 0 Å². The number of rotatable bonds is 0. The molecule has 0 aliphatic carbocycles. The summed E-state index contributed by atoms with van der Waals surface area (Å²) >= 11 is 0.